The summed E-state index contributed by atoms with van der Waals surface area (Å²) in [6.45, 7) is 4.39. The summed E-state index contributed by atoms with van der Waals surface area (Å²) in [6.07, 6.45) is -0.914. The number of nitrogens with zero attached hydrogens (tertiary/aromatic N) is 1. The van der Waals surface area contributed by atoms with Crippen LogP contribution in [0.4, 0.5) is 4.79 Å². The van der Waals surface area contributed by atoms with Crippen molar-refractivity contribution in [3.8, 4) is 0 Å². The molecule has 0 radical (unpaired) electrons. The summed E-state index contributed by atoms with van der Waals surface area (Å²) >= 11 is 0. The van der Waals surface area contributed by atoms with Gasteiger partial charge in [-0.15, -0.1) is 0 Å². The first-order valence-corrected chi connectivity index (χ1v) is 7.12. The van der Waals surface area contributed by atoms with E-state index in [1.54, 1.807) is 6.92 Å². The molecule has 2 aliphatic heterocycles. The van der Waals surface area contributed by atoms with Crippen molar-refractivity contribution in [2.75, 3.05) is 32.8 Å². The molecule has 0 bridgehead atoms. The molecule has 0 saturated carbocycles. The highest BCUT2D eigenvalue weighted by atomic mass is 32.2. The number of amides is 1. The van der Waals surface area contributed by atoms with Gasteiger partial charge in [0.05, 0.1) is 6.61 Å². The van der Waals surface area contributed by atoms with Gasteiger partial charge in [0.15, 0.2) is 0 Å². The summed E-state index contributed by atoms with van der Waals surface area (Å²) in [5.41, 5.74) is 0. The maximum Gasteiger partial charge on any atom is 0.421 e. The third-order valence-corrected chi connectivity index (χ3v) is 4.59. The topological polar surface area (TPSA) is 87.7 Å². The van der Waals surface area contributed by atoms with Crippen LogP contribution in [0.3, 0.4) is 0 Å². The molecular weight excluding hydrogens is 246 g/mol. The predicted molar refractivity (Wildman–Crippen MR) is 60.5 cm³/mol. The number of fused-ring (bicyclic) bond motifs is 1. The minimum absolute atomic E-state index is 0.149. The fourth-order valence-electron chi connectivity index (χ4n) is 2.34. The zero-order valence-corrected chi connectivity index (χ0v) is 10.5. The van der Waals surface area contributed by atoms with Crippen molar-refractivity contribution >= 4 is 16.3 Å². The highest BCUT2D eigenvalue weighted by Crippen LogP contribution is 2.27. The van der Waals surface area contributed by atoms with E-state index in [-0.39, 0.29) is 6.61 Å². The molecule has 0 spiro atoms. The van der Waals surface area contributed by atoms with Gasteiger partial charge in [0.25, 0.3) is 0 Å². The summed E-state index contributed by atoms with van der Waals surface area (Å²) in [7, 11) is -3.74. The van der Waals surface area contributed by atoms with Crippen molar-refractivity contribution in [3.63, 3.8) is 0 Å². The van der Waals surface area contributed by atoms with Crippen LogP contribution in [0, 0.1) is 11.8 Å². The number of nitrogens with one attached hydrogen (secondary N) is 2. The lowest BCUT2D eigenvalue weighted by molar-refractivity contribution is 0.158. The first kappa shape index (κ1) is 12.6. The van der Waals surface area contributed by atoms with Crippen LogP contribution in [0.5, 0.6) is 0 Å². The molecule has 98 valence electrons. The van der Waals surface area contributed by atoms with Crippen LogP contribution in [-0.4, -0.2) is 51.6 Å². The lowest BCUT2D eigenvalue weighted by Crippen LogP contribution is -2.43. The van der Waals surface area contributed by atoms with E-state index in [4.69, 9.17) is 0 Å². The van der Waals surface area contributed by atoms with Crippen LogP contribution in [0.15, 0.2) is 0 Å². The molecule has 8 heteroatoms. The minimum atomic E-state index is -3.74. The zero-order chi connectivity index (χ0) is 12.5. The number of hydrogen-bond donors (Lipinski definition) is 2. The molecule has 2 rings (SSSR count). The summed E-state index contributed by atoms with van der Waals surface area (Å²) in [4.78, 5) is 11.1. The van der Waals surface area contributed by atoms with Gasteiger partial charge in [0, 0.05) is 13.1 Å². The Bertz CT molecular complexity index is 385. The normalized spacial score (nSPS) is 29.0. The Morgan fingerprint density at radius 1 is 1.41 bits per heavy atom. The van der Waals surface area contributed by atoms with E-state index in [0.717, 1.165) is 13.1 Å². The molecule has 2 heterocycles. The van der Waals surface area contributed by atoms with Gasteiger partial charge in [0.1, 0.15) is 0 Å². The summed E-state index contributed by atoms with van der Waals surface area (Å²) < 4.78 is 31.5. The number of ether oxygens (including phenoxy) is 1. The molecular formula is C9H17N3O4S. The van der Waals surface area contributed by atoms with Crippen molar-refractivity contribution in [1.29, 1.82) is 0 Å². The lowest BCUT2D eigenvalue weighted by atomic mass is 10.0. The molecule has 0 aromatic carbocycles. The Morgan fingerprint density at radius 3 is 2.53 bits per heavy atom. The molecule has 2 atom stereocenters. The number of carbonyl (C=O) groups excluding carboxylic acids is 1. The number of hydrogen-bond acceptors (Lipinski definition) is 5. The molecule has 0 unspecified atom stereocenters. The van der Waals surface area contributed by atoms with E-state index in [0.29, 0.717) is 24.9 Å². The van der Waals surface area contributed by atoms with Gasteiger partial charge in [-0.2, -0.15) is 12.7 Å². The third-order valence-electron chi connectivity index (χ3n) is 3.18. The third kappa shape index (κ3) is 2.70. The quantitative estimate of drug-likeness (QED) is 0.691. The van der Waals surface area contributed by atoms with Crippen molar-refractivity contribution in [2.24, 2.45) is 11.8 Å². The van der Waals surface area contributed by atoms with Gasteiger partial charge in [0.2, 0.25) is 0 Å². The zero-order valence-electron chi connectivity index (χ0n) is 9.68. The SMILES string of the molecule is CCOC(=O)NS(=O)(=O)N1C[C@H]2CNC[C@H]2C1. The molecule has 17 heavy (non-hydrogen) atoms. The molecule has 0 aromatic rings. The lowest BCUT2D eigenvalue weighted by Gasteiger charge is -2.17. The fraction of sp³-hybridized carbons (Fsp3) is 0.889. The molecule has 2 saturated heterocycles. The molecule has 0 aromatic heterocycles. The van der Waals surface area contributed by atoms with Crippen LogP contribution < -0.4 is 10.0 Å². The monoisotopic (exact) mass is 263 g/mol. The maximum absolute atomic E-state index is 11.8. The van der Waals surface area contributed by atoms with Crippen LogP contribution in [0.1, 0.15) is 6.92 Å². The van der Waals surface area contributed by atoms with Crippen molar-refractivity contribution in [3.05, 3.63) is 0 Å². The average molecular weight is 263 g/mol. The summed E-state index contributed by atoms with van der Waals surface area (Å²) in [5, 5.41) is 3.22. The summed E-state index contributed by atoms with van der Waals surface area (Å²) in [6, 6.07) is 0. The molecule has 1 amide bonds. The number of rotatable bonds is 3. The smallest absolute Gasteiger partial charge is 0.421 e. The summed E-state index contributed by atoms with van der Waals surface area (Å²) in [5.74, 6) is 0.711. The molecule has 2 fully saturated rings. The fourth-order valence-corrected chi connectivity index (χ4v) is 3.51. The van der Waals surface area contributed by atoms with E-state index >= 15 is 0 Å². The van der Waals surface area contributed by atoms with E-state index in [9.17, 15) is 13.2 Å². The van der Waals surface area contributed by atoms with Crippen LogP contribution in [0.25, 0.3) is 0 Å². The molecule has 2 N–H and O–H groups in total. The van der Waals surface area contributed by atoms with Gasteiger partial charge in [-0.25, -0.2) is 9.52 Å². The molecule has 0 aliphatic carbocycles. The minimum Gasteiger partial charge on any atom is -0.449 e. The predicted octanol–water partition coefficient (Wildman–Crippen LogP) is -0.871. The van der Waals surface area contributed by atoms with Crippen molar-refractivity contribution in [1.82, 2.24) is 14.3 Å². The van der Waals surface area contributed by atoms with Crippen LogP contribution >= 0.6 is 0 Å². The van der Waals surface area contributed by atoms with Gasteiger partial charge in [-0.1, -0.05) is 0 Å². The molecule has 2 aliphatic rings. The van der Waals surface area contributed by atoms with Gasteiger partial charge >= 0.3 is 16.3 Å². The Morgan fingerprint density at radius 2 is 2.00 bits per heavy atom. The first-order chi connectivity index (χ1) is 8.03. The largest absolute Gasteiger partial charge is 0.449 e. The average Bonchev–Trinajstić information content (AvgIpc) is 2.75. The maximum atomic E-state index is 11.8. The van der Waals surface area contributed by atoms with E-state index in [2.05, 4.69) is 10.1 Å². The van der Waals surface area contributed by atoms with E-state index < -0.39 is 16.3 Å². The second-order valence-corrected chi connectivity index (χ2v) is 5.99. The Labute approximate surface area is 101 Å². The van der Waals surface area contributed by atoms with Gasteiger partial charge in [-0.3, -0.25) is 0 Å². The van der Waals surface area contributed by atoms with Crippen LogP contribution in [-0.2, 0) is 14.9 Å². The van der Waals surface area contributed by atoms with Crippen molar-refractivity contribution in [2.45, 2.75) is 6.92 Å². The Balaban J connectivity index is 1.95. The van der Waals surface area contributed by atoms with E-state index in [1.165, 1.54) is 4.31 Å². The highest BCUT2D eigenvalue weighted by molar-refractivity contribution is 7.87. The van der Waals surface area contributed by atoms with E-state index in [1.807, 2.05) is 4.72 Å². The molecule has 7 nitrogen and oxygen atoms in total. The highest BCUT2D eigenvalue weighted by Gasteiger charge is 2.41. The van der Waals surface area contributed by atoms with Gasteiger partial charge in [-0.05, 0) is 31.8 Å². The second kappa shape index (κ2) is 4.79. The standard InChI is InChI=1S/C9H17N3O4S/c1-2-16-9(13)11-17(14,15)12-5-7-3-10-4-8(7)6-12/h7-8,10H,2-6H2,1H3,(H,11,13)/t7-,8+. The van der Waals surface area contributed by atoms with Crippen LogP contribution in [0.2, 0.25) is 0 Å². The Hall–Kier alpha value is -0.860. The van der Waals surface area contributed by atoms with Crippen molar-refractivity contribution < 1.29 is 17.9 Å². The Kier molecular flexibility index (Phi) is 3.55. The number of carbonyl (C=O) groups is 1. The van der Waals surface area contributed by atoms with Gasteiger partial charge < -0.3 is 10.1 Å². The second-order valence-electron chi connectivity index (χ2n) is 4.32. The first-order valence-electron chi connectivity index (χ1n) is 5.68.